The molecule has 0 bridgehead atoms. The Morgan fingerprint density at radius 3 is 3.11 bits per heavy atom. The minimum atomic E-state index is 0.601. The summed E-state index contributed by atoms with van der Waals surface area (Å²) in [5.74, 6) is 1.15. The van der Waals surface area contributed by atoms with E-state index in [1.54, 1.807) is 0 Å². The Morgan fingerprint density at radius 2 is 2.39 bits per heavy atom. The molecule has 1 aromatic rings. The zero-order valence-corrected chi connectivity index (χ0v) is 12.8. The molecule has 2 rings (SSSR count). The summed E-state index contributed by atoms with van der Waals surface area (Å²) in [4.78, 5) is 7.05. The van der Waals surface area contributed by atoms with Gasteiger partial charge < -0.3 is 10.2 Å². The van der Waals surface area contributed by atoms with E-state index in [2.05, 4.69) is 51.0 Å². The number of aryl methyl sites for hydroxylation is 1. The van der Waals surface area contributed by atoms with Gasteiger partial charge in [-0.25, -0.2) is 4.98 Å². The number of rotatable bonds is 5. The first-order valence-corrected chi connectivity index (χ1v) is 7.61. The predicted octanol–water partition coefficient (Wildman–Crippen LogP) is 3.12. The van der Waals surface area contributed by atoms with E-state index in [9.17, 15) is 0 Å². The van der Waals surface area contributed by atoms with Gasteiger partial charge in [-0.05, 0) is 60.3 Å². The van der Waals surface area contributed by atoms with Gasteiger partial charge >= 0.3 is 0 Å². The Labute approximate surface area is 118 Å². The average molecular weight is 312 g/mol. The van der Waals surface area contributed by atoms with E-state index in [1.807, 2.05) is 6.20 Å². The predicted molar refractivity (Wildman–Crippen MR) is 80.2 cm³/mol. The van der Waals surface area contributed by atoms with Crippen molar-refractivity contribution in [3.63, 3.8) is 0 Å². The van der Waals surface area contributed by atoms with Crippen LogP contribution < -0.4 is 10.2 Å². The standard InChI is InChI=1S/C14H22BrN3/c1-3-6-16-10-13-5-4-7-18(13)14-11(2)8-12(15)9-17-14/h8-9,13,16H,3-7,10H2,1-2H3. The number of pyridine rings is 1. The lowest BCUT2D eigenvalue weighted by Gasteiger charge is -2.27. The van der Waals surface area contributed by atoms with Gasteiger partial charge in [-0.2, -0.15) is 0 Å². The van der Waals surface area contributed by atoms with Crippen molar-refractivity contribution in [2.75, 3.05) is 24.5 Å². The fourth-order valence-corrected chi connectivity index (χ4v) is 3.05. The van der Waals surface area contributed by atoms with Gasteiger partial charge in [0, 0.05) is 29.8 Å². The highest BCUT2D eigenvalue weighted by Gasteiger charge is 2.26. The molecule has 1 fully saturated rings. The van der Waals surface area contributed by atoms with Crippen molar-refractivity contribution in [3.8, 4) is 0 Å². The molecule has 1 aromatic heterocycles. The molecular weight excluding hydrogens is 290 g/mol. The number of hydrogen-bond donors (Lipinski definition) is 1. The number of aromatic nitrogens is 1. The highest BCUT2D eigenvalue weighted by molar-refractivity contribution is 9.10. The molecule has 18 heavy (non-hydrogen) atoms. The monoisotopic (exact) mass is 311 g/mol. The van der Waals surface area contributed by atoms with E-state index in [0.717, 1.165) is 29.9 Å². The third-order valence-electron chi connectivity index (χ3n) is 3.47. The molecule has 0 radical (unpaired) electrons. The van der Waals surface area contributed by atoms with Crippen LogP contribution in [0.15, 0.2) is 16.7 Å². The van der Waals surface area contributed by atoms with Crippen molar-refractivity contribution < 1.29 is 0 Å². The van der Waals surface area contributed by atoms with Crippen molar-refractivity contribution in [3.05, 3.63) is 22.3 Å². The lowest BCUT2D eigenvalue weighted by atomic mass is 10.2. The van der Waals surface area contributed by atoms with Crippen molar-refractivity contribution in [2.24, 2.45) is 0 Å². The van der Waals surface area contributed by atoms with Crippen LogP contribution in [0.4, 0.5) is 5.82 Å². The fraction of sp³-hybridized carbons (Fsp3) is 0.643. The third-order valence-corrected chi connectivity index (χ3v) is 3.91. The highest BCUT2D eigenvalue weighted by atomic mass is 79.9. The minimum absolute atomic E-state index is 0.601. The van der Waals surface area contributed by atoms with Crippen molar-refractivity contribution in [1.29, 1.82) is 0 Å². The SMILES string of the molecule is CCCNCC1CCCN1c1ncc(Br)cc1C. The van der Waals surface area contributed by atoms with Crippen molar-refractivity contribution in [1.82, 2.24) is 10.3 Å². The molecule has 2 heterocycles. The highest BCUT2D eigenvalue weighted by Crippen LogP contribution is 2.27. The summed E-state index contributed by atoms with van der Waals surface area (Å²) in [6.07, 6.45) is 5.64. The molecular formula is C14H22BrN3. The molecule has 1 N–H and O–H groups in total. The van der Waals surface area contributed by atoms with Crippen molar-refractivity contribution in [2.45, 2.75) is 39.2 Å². The second-order valence-corrected chi connectivity index (χ2v) is 5.90. The van der Waals surface area contributed by atoms with Gasteiger partial charge in [0.15, 0.2) is 0 Å². The van der Waals surface area contributed by atoms with Crippen LogP contribution in [-0.4, -0.2) is 30.7 Å². The first kappa shape index (κ1) is 13.8. The van der Waals surface area contributed by atoms with E-state index in [0.29, 0.717) is 6.04 Å². The zero-order valence-electron chi connectivity index (χ0n) is 11.2. The molecule has 4 heteroatoms. The van der Waals surface area contributed by atoms with Gasteiger partial charge in [-0.3, -0.25) is 0 Å². The van der Waals surface area contributed by atoms with E-state index in [-0.39, 0.29) is 0 Å². The minimum Gasteiger partial charge on any atom is -0.352 e. The van der Waals surface area contributed by atoms with Crippen molar-refractivity contribution >= 4 is 21.7 Å². The first-order valence-electron chi connectivity index (χ1n) is 6.82. The summed E-state index contributed by atoms with van der Waals surface area (Å²) < 4.78 is 1.06. The molecule has 1 atom stereocenters. The molecule has 1 unspecified atom stereocenters. The average Bonchev–Trinajstić information content (AvgIpc) is 2.78. The van der Waals surface area contributed by atoms with Crippen LogP contribution in [-0.2, 0) is 0 Å². The van der Waals surface area contributed by atoms with E-state index in [4.69, 9.17) is 0 Å². The quantitative estimate of drug-likeness (QED) is 0.847. The molecule has 0 spiro atoms. The maximum Gasteiger partial charge on any atom is 0.131 e. The van der Waals surface area contributed by atoms with E-state index >= 15 is 0 Å². The Kier molecular flexibility index (Phi) is 5.01. The van der Waals surface area contributed by atoms with Crippen LogP contribution in [0.5, 0.6) is 0 Å². The summed E-state index contributed by atoms with van der Waals surface area (Å²) in [5.41, 5.74) is 1.26. The van der Waals surface area contributed by atoms with Gasteiger partial charge in [0.2, 0.25) is 0 Å². The molecule has 0 amide bonds. The lowest BCUT2D eigenvalue weighted by molar-refractivity contribution is 0.568. The van der Waals surface area contributed by atoms with Gasteiger partial charge in [0.05, 0.1) is 0 Å². The molecule has 100 valence electrons. The number of halogens is 1. The smallest absolute Gasteiger partial charge is 0.131 e. The Hall–Kier alpha value is -0.610. The van der Waals surface area contributed by atoms with Crippen LogP contribution in [0.1, 0.15) is 31.7 Å². The Balaban J connectivity index is 2.06. The van der Waals surface area contributed by atoms with Crippen LogP contribution in [0.25, 0.3) is 0 Å². The molecule has 0 aromatic carbocycles. The molecule has 1 aliphatic heterocycles. The molecule has 0 saturated carbocycles. The normalized spacial score (nSPS) is 19.5. The maximum atomic E-state index is 4.59. The first-order chi connectivity index (χ1) is 8.72. The third kappa shape index (κ3) is 3.23. The van der Waals surface area contributed by atoms with Gasteiger partial charge in [-0.15, -0.1) is 0 Å². The van der Waals surface area contributed by atoms with E-state index in [1.165, 1.54) is 24.8 Å². The van der Waals surface area contributed by atoms with Gasteiger partial charge in [-0.1, -0.05) is 6.92 Å². The number of anilines is 1. The summed E-state index contributed by atoms with van der Waals surface area (Å²) >= 11 is 3.48. The molecule has 0 aliphatic carbocycles. The fourth-order valence-electron chi connectivity index (χ4n) is 2.61. The van der Waals surface area contributed by atoms with Gasteiger partial charge in [0.25, 0.3) is 0 Å². The van der Waals surface area contributed by atoms with E-state index < -0.39 is 0 Å². The van der Waals surface area contributed by atoms with Crippen LogP contribution in [0, 0.1) is 6.92 Å². The molecule has 1 aliphatic rings. The Bertz CT molecular complexity index is 395. The summed E-state index contributed by atoms with van der Waals surface area (Å²) in [7, 11) is 0. The van der Waals surface area contributed by atoms with Crippen LogP contribution in [0.3, 0.4) is 0 Å². The Morgan fingerprint density at radius 1 is 1.56 bits per heavy atom. The topological polar surface area (TPSA) is 28.2 Å². The molecule has 1 saturated heterocycles. The number of nitrogens with zero attached hydrogens (tertiary/aromatic N) is 2. The second kappa shape index (κ2) is 6.53. The molecule has 3 nitrogen and oxygen atoms in total. The van der Waals surface area contributed by atoms with Crippen LogP contribution >= 0.6 is 15.9 Å². The number of nitrogens with one attached hydrogen (secondary N) is 1. The summed E-state index contributed by atoms with van der Waals surface area (Å²) in [5, 5.41) is 3.53. The summed E-state index contributed by atoms with van der Waals surface area (Å²) in [6.45, 7) is 7.66. The summed E-state index contributed by atoms with van der Waals surface area (Å²) in [6, 6.07) is 2.75. The van der Waals surface area contributed by atoms with Gasteiger partial charge in [0.1, 0.15) is 5.82 Å². The second-order valence-electron chi connectivity index (χ2n) is 4.99. The lowest BCUT2D eigenvalue weighted by Crippen LogP contribution is -2.39. The zero-order chi connectivity index (χ0) is 13.0. The number of hydrogen-bond acceptors (Lipinski definition) is 3. The van der Waals surface area contributed by atoms with Crippen LogP contribution in [0.2, 0.25) is 0 Å². The largest absolute Gasteiger partial charge is 0.352 e. The maximum absolute atomic E-state index is 4.59.